The molecular formula is C21H33NO5. The van der Waals surface area contributed by atoms with Gasteiger partial charge in [-0.25, -0.2) is 4.79 Å². The summed E-state index contributed by atoms with van der Waals surface area (Å²) in [5.41, 5.74) is 0.582. The van der Waals surface area contributed by atoms with E-state index < -0.39 is 5.60 Å². The molecule has 27 heavy (non-hydrogen) atoms. The second-order valence-electron chi connectivity index (χ2n) is 7.75. The summed E-state index contributed by atoms with van der Waals surface area (Å²) in [6.07, 6.45) is 0.155. The Kier molecular flexibility index (Phi) is 8.54. The van der Waals surface area contributed by atoms with E-state index in [0.717, 1.165) is 12.0 Å². The highest BCUT2D eigenvalue weighted by Crippen LogP contribution is 2.15. The van der Waals surface area contributed by atoms with E-state index in [9.17, 15) is 4.79 Å². The molecule has 152 valence electrons. The van der Waals surface area contributed by atoms with Crippen molar-refractivity contribution in [1.29, 1.82) is 0 Å². The lowest BCUT2D eigenvalue weighted by Crippen LogP contribution is -2.47. The average molecular weight is 379 g/mol. The van der Waals surface area contributed by atoms with Crippen molar-refractivity contribution >= 4 is 6.09 Å². The summed E-state index contributed by atoms with van der Waals surface area (Å²) in [5, 5.41) is 0. The van der Waals surface area contributed by atoms with Crippen LogP contribution in [0.2, 0.25) is 0 Å². The van der Waals surface area contributed by atoms with Crippen LogP contribution < -0.4 is 0 Å². The molecule has 1 aliphatic rings. The minimum Gasteiger partial charge on any atom is -0.444 e. The zero-order chi connectivity index (χ0) is 19.7. The molecule has 2 atom stereocenters. The maximum absolute atomic E-state index is 12.6. The maximum atomic E-state index is 12.6. The lowest BCUT2D eigenvalue weighted by atomic mass is 10.2. The first-order valence-corrected chi connectivity index (χ1v) is 9.70. The molecule has 0 aromatic heterocycles. The normalized spacial score (nSPS) is 21.4. The Bertz CT molecular complexity index is 557. The smallest absolute Gasteiger partial charge is 0.410 e. The third kappa shape index (κ3) is 8.28. The summed E-state index contributed by atoms with van der Waals surface area (Å²) in [5.74, 6) is 0. The highest BCUT2D eigenvalue weighted by Gasteiger charge is 2.28. The number of benzene rings is 1. The summed E-state index contributed by atoms with van der Waals surface area (Å²) in [6, 6.07) is 10.0. The van der Waals surface area contributed by atoms with Crippen LogP contribution in [0.25, 0.3) is 0 Å². The molecule has 0 aliphatic carbocycles. The van der Waals surface area contributed by atoms with E-state index in [1.807, 2.05) is 58.0 Å². The lowest BCUT2D eigenvalue weighted by molar-refractivity contribution is -0.0947. The summed E-state index contributed by atoms with van der Waals surface area (Å²) in [4.78, 5) is 14.3. The Balaban J connectivity index is 1.94. The SMILES string of the molecule is CCOC1CCN(C(=O)OC(C)(C)C)C[C@@H](COCc2ccccc2)OC1. The fourth-order valence-electron chi connectivity index (χ4n) is 2.86. The highest BCUT2D eigenvalue weighted by molar-refractivity contribution is 5.68. The quantitative estimate of drug-likeness (QED) is 0.755. The Morgan fingerprint density at radius 3 is 2.67 bits per heavy atom. The largest absolute Gasteiger partial charge is 0.444 e. The van der Waals surface area contributed by atoms with Crippen LogP contribution in [-0.2, 0) is 25.6 Å². The first kappa shape index (κ1) is 21.7. The number of rotatable bonds is 6. The van der Waals surface area contributed by atoms with E-state index in [1.54, 1.807) is 4.90 Å². The van der Waals surface area contributed by atoms with Gasteiger partial charge in [-0.05, 0) is 39.7 Å². The van der Waals surface area contributed by atoms with Gasteiger partial charge in [0.1, 0.15) is 5.60 Å². The molecule has 1 amide bonds. The number of hydrogen-bond donors (Lipinski definition) is 0. The van der Waals surface area contributed by atoms with Gasteiger partial charge in [0.05, 0.1) is 38.6 Å². The molecule has 1 unspecified atom stereocenters. The molecule has 1 aromatic carbocycles. The van der Waals surface area contributed by atoms with E-state index in [1.165, 1.54) is 0 Å². The molecule has 1 heterocycles. The Labute approximate surface area is 162 Å². The molecule has 1 aromatic rings. The van der Waals surface area contributed by atoms with Crippen LogP contribution in [0.4, 0.5) is 4.79 Å². The zero-order valence-electron chi connectivity index (χ0n) is 17.0. The predicted octanol–water partition coefficient (Wildman–Crippen LogP) is 3.63. The van der Waals surface area contributed by atoms with Crippen molar-refractivity contribution in [2.75, 3.05) is 32.9 Å². The molecule has 0 saturated carbocycles. The molecular weight excluding hydrogens is 346 g/mol. The predicted molar refractivity (Wildman–Crippen MR) is 104 cm³/mol. The van der Waals surface area contributed by atoms with Gasteiger partial charge in [0, 0.05) is 13.2 Å². The number of hydrogen-bond acceptors (Lipinski definition) is 5. The zero-order valence-corrected chi connectivity index (χ0v) is 17.0. The van der Waals surface area contributed by atoms with Gasteiger partial charge in [-0.15, -0.1) is 0 Å². The van der Waals surface area contributed by atoms with Gasteiger partial charge in [0.2, 0.25) is 0 Å². The first-order valence-electron chi connectivity index (χ1n) is 9.70. The summed E-state index contributed by atoms with van der Waals surface area (Å²) in [7, 11) is 0. The average Bonchev–Trinajstić information content (AvgIpc) is 2.59. The Morgan fingerprint density at radius 2 is 2.00 bits per heavy atom. The van der Waals surface area contributed by atoms with Crippen LogP contribution in [-0.4, -0.2) is 61.7 Å². The fourth-order valence-corrected chi connectivity index (χ4v) is 2.86. The molecule has 0 radical (unpaired) electrons. The van der Waals surface area contributed by atoms with E-state index >= 15 is 0 Å². The number of carbonyl (C=O) groups is 1. The standard InChI is InChI=1S/C21H33NO5/c1-5-25-18-11-12-22(20(23)27-21(2,3)4)13-19(26-16-18)15-24-14-17-9-7-6-8-10-17/h6-10,18-19H,5,11-16H2,1-4H3/t18?,19-/m0/s1. The number of nitrogens with zero attached hydrogens (tertiary/aromatic N) is 1. The molecule has 6 nitrogen and oxygen atoms in total. The van der Waals surface area contributed by atoms with Crippen molar-refractivity contribution in [2.45, 2.75) is 58.5 Å². The van der Waals surface area contributed by atoms with Crippen LogP contribution in [0.5, 0.6) is 0 Å². The molecule has 1 aliphatic heterocycles. The van der Waals surface area contributed by atoms with Crippen LogP contribution in [0.15, 0.2) is 30.3 Å². The van der Waals surface area contributed by atoms with Gasteiger partial charge >= 0.3 is 6.09 Å². The summed E-state index contributed by atoms with van der Waals surface area (Å²) < 4.78 is 23.1. The van der Waals surface area contributed by atoms with E-state index in [4.69, 9.17) is 18.9 Å². The van der Waals surface area contributed by atoms with Crippen molar-refractivity contribution in [3.63, 3.8) is 0 Å². The topological polar surface area (TPSA) is 57.2 Å². The molecule has 1 fully saturated rings. The molecule has 0 bridgehead atoms. The Hall–Kier alpha value is -1.63. The van der Waals surface area contributed by atoms with Gasteiger partial charge in [-0.2, -0.15) is 0 Å². The van der Waals surface area contributed by atoms with Gasteiger partial charge in [-0.3, -0.25) is 0 Å². The fraction of sp³-hybridized carbons (Fsp3) is 0.667. The van der Waals surface area contributed by atoms with E-state index in [2.05, 4.69) is 0 Å². The highest BCUT2D eigenvalue weighted by atomic mass is 16.6. The molecule has 1 saturated heterocycles. The minimum atomic E-state index is -0.529. The maximum Gasteiger partial charge on any atom is 0.410 e. The van der Waals surface area contributed by atoms with Crippen LogP contribution in [0.1, 0.15) is 39.7 Å². The van der Waals surface area contributed by atoms with Crippen LogP contribution in [0, 0.1) is 0 Å². The van der Waals surface area contributed by atoms with E-state index in [-0.39, 0.29) is 18.3 Å². The molecule has 0 spiro atoms. The van der Waals surface area contributed by atoms with Crippen molar-refractivity contribution in [3.05, 3.63) is 35.9 Å². The van der Waals surface area contributed by atoms with Crippen molar-refractivity contribution in [3.8, 4) is 0 Å². The number of ether oxygens (including phenoxy) is 4. The lowest BCUT2D eigenvalue weighted by Gasteiger charge is -2.34. The second-order valence-corrected chi connectivity index (χ2v) is 7.75. The van der Waals surface area contributed by atoms with Gasteiger partial charge in [0.15, 0.2) is 0 Å². The van der Waals surface area contributed by atoms with Crippen molar-refractivity contribution in [2.24, 2.45) is 0 Å². The van der Waals surface area contributed by atoms with Crippen LogP contribution >= 0.6 is 0 Å². The third-order valence-electron chi connectivity index (χ3n) is 4.13. The van der Waals surface area contributed by atoms with Crippen molar-refractivity contribution < 1.29 is 23.7 Å². The monoisotopic (exact) mass is 379 g/mol. The molecule has 0 N–H and O–H groups in total. The van der Waals surface area contributed by atoms with Gasteiger partial charge in [0.25, 0.3) is 0 Å². The summed E-state index contributed by atoms with van der Waals surface area (Å²) >= 11 is 0. The summed E-state index contributed by atoms with van der Waals surface area (Å²) in [6.45, 7) is 10.7. The van der Waals surface area contributed by atoms with E-state index in [0.29, 0.717) is 39.5 Å². The number of carbonyl (C=O) groups excluding carboxylic acids is 1. The third-order valence-corrected chi connectivity index (χ3v) is 4.13. The van der Waals surface area contributed by atoms with Gasteiger partial charge < -0.3 is 23.8 Å². The Morgan fingerprint density at radius 1 is 1.26 bits per heavy atom. The first-order chi connectivity index (χ1) is 12.9. The molecule has 6 heteroatoms. The van der Waals surface area contributed by atoms with Gasteiger partial charge in [-0.1, -0.05) is 30.3 Å². The van der Waals surface area contributed by atoms with Crippen LogP contribution in [0.3, 0.4) is 0 Å². The minimum absolute atomic E-state index is 0.0307. The number of amides is 1. The van der Waals surface area contributed by atoms with Crippen molar-refractivity contribution in [1.82, 2.24) is 4.90 Å². The second kappa shape index (κ2) is 10.6. The molecule has 2 rings (SSSR count).